The molecule has 0 unspecified atom stereocenters. The van der Waals surface area contributed by atoms with Crippen LogP contribution in [0.5, 0.6) is 0 Å². The molecule has 1 rings (SSSR count). The van der Waals surface area contributed by atoms with E-state index in [9.17, 15) is 9.90 Å². The fourth-order valence-corrected chi connectivity index (χ4v) is 1.22. The predicted molar refractivity (Wildman–Crippen MR) is 51.3 cm³/mol. The topological polar surface area (TPSA) is 49.3 Å². The summed E-state index contributed by atoms with van der Waals surface area (Å²) in [5, 5.41) is 12.0. The highest BCUT2D eigenvalue weighted by atomic mass is 16.3. The molecule has 3 heteroatoms. The number of carbonyl (C=O) groups is 1. The van der Waals surface area contributed by atoms with Crippen LogP contribution in [0, 0.1) is 5.92 Å². The molecular weight excluding hydrogens is 166 g/mol. The fourth-order valence-electron chi connectivity index (χ4n) is 1.22. The van der Waals surface area contributed by atoms with Crippen LogP contribution in [0.15, 0.2) is 0 Å². The monoisotopic (exact) mass is 185 g/mol. The van der Waals surface area contributed by atoms with Crippen molar-refractivity contribution in [3.63, 3.8) is 0 Å². The first-order valence-electron chi connectivity index (χ1n) is 5.01. The smallest absolute Gasteiger partial charge is 0.251 e. The van der Waals surface area contributed by atoms with Crippen molar-refractivity contribution >= 4 is 5.91 Å². The van der Waals surface area contributed by atoms with Crippen molar-refractivity contribution in [2.45, 2.75) is 45.1 Å². The van der Waals surface area contributed by atoms with Gasteiger partial charge >= 0.3 is 0 Å². The molecule has 1 fully saturated rings. The average molecular weight is 185 g/mol. The van der Waals surface area contributed by atoms with Gasteiger partial charge in [-0.05, 0) is 32.6 Å². The van der Waals surface area contributed by atoms with Gasteiger partial charge in [0.1, 0.15) is 5.60 Å². The molecule has 1 aliphatic rings. The second-order valence-electron chi connectivity index (χ2n) is 4.40. The summed E-state index contributed by atoms with van der Waals surface area (Å²) in [6.07, 6.45) is 4.97. The van der Waals surface area contributed by atoms with Crippen LogP contribution in [0.4, 0.5) is 0 Å². The van der Waals surface area contributed by atoms with E-state index in [-0.39, 0.29) is 5.91 Å². The first kappa shape index (κ1) is 10.5. The normalized spacial score (nSPS) is 17.2. The third-order valence-corrected chi connectivity index (χ3v) is 2.33. The van der Waals surface area contributed by atoms with E-state index < -0.39 is 5.60 Å². The summed E-state index contributed by atoms with van der Waals surface area (Å²) in [5.41, 5.74) is -1.24. The Kier molecular flexibility index (Phi) is 3.31. The van der Waals surface area contributed by atoms with Gasteiger partial charge in [0.15, 0.2) is 0 Å². The first-order chi connectivity index (χ1) is 6.00. The molecule has 3 nitrogen and oxygen atoms in total. The van der Waals surface area contributed by atoms with Gasteiger partial charge in [0.05, 0.1) is 0 Å². The highest BCUT2D eigenvalue weighted by Crippen LogP contribution is 2.33. The maximum Gasteiger partial charge on any atom is 0.251 e. The van der Waals surface area contributed by atoms with Crippen molar-refractivity contribution in [3.8, 4) is 0 Å². The lowest BCUT2D eigenvalue weighted by atomic mass is 10.1. The van der Waals surface area contributed by atoms with Gasteiger partial charge in [-0.15, -0.1) is 0 Å². The van der Waals surface area contributed by atoms with Crippen LogP contribution < -0.4 is 5.32 Å². The standard InChI is InChI=1S/C10H19NO2/c1-10(2,13)9(12)11-7-3-4-8-5-6-8/h8,13H,3-7H2,1-2H3,(H,11,12). The van der Waals surface area contributed by atoms with Gasteiger partial charge in [0.25, 0.3) is 5.91 Å². The maximum absolute atomic E-state index is 11.2. The van der Waals surface area contributed by atoms with Gasteiger partial charge in [0, 0.05) is 6.54 Å². The SMILES string of the molecule is CC(C)(O)C(=O)NCCCC1CC1. The second-order valence-corrected chi connectivity index (χ2v) is 4.40. The van der Waals surface area contributed by atoms with Gasteiger partial charge in [-0.3, -0.25) is 4.79 Å². The van der Waals surface area contributed by atoms with E-state index in [1.165, 1.54) is 33.1 Å². The Morgan fingerprint density at radius 2 is 2.15 bits per heavy atom. The zero-order valence-electron chi connectivity index (χ0n) is 8.47. The van der Waals surface area contributed by atoms with Crippen LogP contribution in [-0.2, 0) is 4.79 Å². The van der Waals surface area contributed by atoms with Crippen LogP contribution >= 0.6 is 0 Å². The van der Waals surface area contributed by atoms with E-state index in [0.717, 1.165) is 12.3 Å². The minimum Gasteiger partial charge on any atom is -0.381 e. The fraction of sp³-hybridized carbons (Fsp3) is 0.900. The summed E-state index contributed by atoms with van der Waals surface area (Å²) in [4.78, 5) is 11.2. The number of rotatable bonds is 5. The molecule has 76 valence electrons. The third kappa shape index (κ3) is 4.27. The summed E-state index contributed by atoms with van der Waals surface area (Å²) < 4.78 is 0. The van der Waals surface area contributed by atoms with Crippen molar-refractivity contribution in [2.75, 3.05) is 6.54 Å². The molecule has 0 radical (unpaired) electrons. The maximum atomic E-state index is 11.2. The van der Waals surface area contributed by atoms with E-state index in [2.05, 4.69) is 5.32 Å². The largest absolute Gasteiger partial charge is 0.381 e. The van der Waals surface area contributed by atoms with Gasteiger partial charge in [-0.2, -0.15) is 0 Å². The summed E-state index contributed by atoms with van der Waals surface area (Å²) >= 11 is 0. The number of aliphatic hydroxyl groups is 1. The van der Waals surface area contributed by atoms with Crippen molar-refractivity contribution < 1.29 is 9.90 Å². The Balaban J connectivity index is 2.00. The molecule has 1 amide bonds. The van der Waals surface area contributed by atoms with Gasteiger partial charge in [-0.25, -0.2) is 0 Å². The number of hydrogen-bond acceptors (Lipinski definition) is 2. The van der Waals surface area contributed by atoms with E-state index in [1.54, 1.807) is 0 Å². The second kappa shape index (κ2) is 4.09. The lowest BCUT2D eigenvalue weighted by Gasteiger charge is -2.16. The minimum absolute atomic E-state index is 0.275. The van der Waals surface area contributed by atoms with Crippen molar-refractivity contribution in [1.29, 1.82) is 0 Å². The molecule has 0 aliphatic heterocycles. The third-order valence-electron chi connectivity index (χ3n) is 2.33. The molecule has 0 aromatic carbocycles. The summed E-state index contributed by atoms with van der Waals surface area (Å²) in [6, 6.07) is 0. The van der Waals surface area contributed by atoms with Gasteiger partial charge in [-0.1, -0.05) is 12.8 Å². The first-order valence-corrected chi connectivity index (χ1v) is 5.01. The number of carbonyl (C=O) groups excluding carboxylic acids is 1. The van der Waals surface area contributed by atoms with Crippen LogP contribution in [0.1, 0.15) is 39.5 Å². The van der Waals surface area contributed by atoms with Crippen LogP contribution in [0.25, 0.3) is 0 Å². The Hall–Kier alpha value is -0.570. The summed E-state index contributed by atoms with van der Waals surface area (Å²) in [7, 11) is 0. The van der Waals surface area contributed by atoms with Crippen molar-refractivity contribution in [2.24, 2.45) is 5.92 Å². The predicted octanol–water partition coefficient (Wildman–Crippen LogP) is 1.06. The molecule has 0 saturated heterocycles. The zero-order chi connectivity index (χ0) is 9.90. The minimum atomic E-state index is -1.24. The van der Waals surface area contributed by atoms with Crippen LogP contribution in [0.3, 0.4) is 0 Å². The molecule has 0 bridgehead atoms. The molecule has 13 heavy (non-hydrogen) atoms. The summed E-state index contributed by atoms with van der Waals surface area (Å²) in [5.74, 6) is 0.641. The summed E-state index contributed by atoms with van der Waals surface area (Å²) in [6.45, 7) is 3.70. The van der Waals surface area contributed by atoms with E-state index in [0.29, 0.717) is 6.54 Å². The van der Waals surface area contributed by atoms with Crippen LogP contribution in [-0.4, -0.2) is 23.2 Å². The Morgan fingerprint density at radius 1 is 1.54 bits per heavy atom. The molecule has 0 aromatic rings. The Morgan fingerprint density at radius 3 is 2.62 bits per heavy atom. The highest BCUT2D eigenvalue weighted by molar-refractivity contribution is 5.83. The molecule has 0 atom stereocenters. The number of nitrogens with one attached hydrogen (secondary N) is 1. The Labute approximate surface area is 79.5 Å². The van der Waals surface area contributed by atoms with Gasteiger partial charge in [0.2, 0.25) is 0 Å². The Bertz CT molecular complexity index is 180. The molecule has 1 saturated carbocycles. The zero-order valence-corrected chi connectivity index (χ0v) is 8.47. The number of amides is 1. The van der Waals surface area contributed by atoms with Crippen molar-refractivity contribution in [3.05, 3.63) is 0 Å². The van der Waals surface area contributed by atoms with Crippen LogP contribution in [0.2, 0.25) is 0 Å². The van der Waals surface area contributed by atoms with Crippen molar-refractivity contribution in [1.82, 2.24) is 5.32 Å². The molecule has 2 N–H and O–H groups in total. The lowest BCUT2D eigenvalue weighted by Crippen LogP contribution is -2.42. The molecule has 1 aliphatic carbocycles. The van der Waals surface area contributed by atoms with E-state index in [4.69, 9.17) is 0 Å². The van der Waals surface area contributed by atoms with E-state index in [1.807, 2.05) is 0 Å². The molecule has 0 spiro atoms. The molecular formula is C10H19NO2. The molecule has 0 aromatic heterocycles. The number of hydrogen-bond donors (Lipinski definition) is 2. The van der Waals surface area contributed by atoms with E-state index >= 15 is 0 Å². The highest BCUT2D eigenvalue weighted by Gasteiger charge is 2.23. The average Bonchev–Trinajstić information content (AvgIpc) is 2.79. The van der Waals surface area contributed by atoms with Gasteiger partial charge < -0.3 is 10.4 Å². The quantitative estimate of drug-likeness (QED) is 0.629. The lowest BCUT2D eigenvalue weighted by molar-refractivity contribution is -0.136. The molecule has 0 heterocycles.